The maximum Gasteiger partial charge on any atom is 0.336 e. The fraction of sp³-hybridized carbons (Fsp3) is 0.957. The summed E-state index contributed by atoms with van der Waals surface area (Å²) in [6, 6.07) is 0. The van der Waals surface area contributed by atoms with Gasteiger partial charge in [-0.25, -0.2) is 4.79 Å². The van der Waals surface area contributed by atoms with E-state index in [2.05, 4.69) is 6.92 Å². The van der Waals surface area contributed by atoms with Crippen LogP contribution in [0.5, 0.6) is 0 Å². The first-order chi connectivity index (χ1) is 13.5. The van der Waals surface area contributed by atoms with Crippen LogP contribution < -0.4 is 0 Å². The van der Waals surface area contributed by atoms with Crippen LogP contribution in [-0.2, 0) is 9.53 Å². The van der Waals surface area contributed by atoms with Crippen molar-refractivity contribution in [3.05, 3.63) is 0 Å². The molecule has 3 atom stereocenters. The Morgan fingerprint density at radius 3 is 1.96 bits per heavy atom. The van der Waals surface area contributed by atoms with Crippen molar-refractivity contribution >= 4 is 5.97 Å². The smallest absolute Gasteiger partial charge is 0.336 e. The quantitative estimate of drug-likeness (QED) is 0.263. The van der Waals surface area contributed by atoms with E-state index in [1.54, 1.807) is 0 Å². The average molecular weight is 401 g/mol. The van der Waals surface area contributed by atoms with Crippen molar-refractivity contribution in [3.63, 3.8) is 0 Å². The number of unbranched alkanes of at least 4 members (excludes halogenated alkanes) is 9. The highest BCUT2D eigenvalue weighted by Gasteiger charge is 2.45. The number of aliphatic hydroxyl groups is 2. The van der Waals surface area contributed by atoms with E-state index in [1.165, 1.54) is 44.9 Å². The molecule has 1 rings (SSSR count). The van der Waals surface area contributed by atoms with E-state index in [0.717, 1.165) is 38.5 Å². The molecule has 1 aliphatic rings. The molecule has 166 valence electrons. The standard InChI is InChI=1S/C23H44O5/c1-2-3-4-5-6-7-10-13-20(18-21(25)19-24)14-11-8-9-12-15-23(22(26)27)16-17-28-23/h20-21,24-25H,2-19H2,1H3,(H,26,27). The lowest BCUT2D eigenvalue weighted by molar-refractivity contribution is -0.196. The van der Waals surface area contributed by atoms with Gasteiger partial charge in [0.05, 0.1) is 19.3 Å². The molecular weight excluding hydrogens is 356 g/mol. The molecule has 1 fully saturated rings. The lowest BCUT2D eigenvalue weighted by Crippen LogP contribution is -2.50. The molecule has 0 aromatic rings. The van der Waals surface area contributed by atoms with Gasteiger partial charge >= 0.3 is 5.97 Å². The average Bonchev–Trinajstić information content (AvgIpc) is 2.64. The highest BCUT2D eigenvalue weighted by atomic mass is 16.5. The molecule has 5 heteroatoms. The highest BCUT2D eigenvalue weighted by Crippen LogP contribution is 2.32. The predicted octanol–water partition coefficient (Wildman–Crippen LogP) is 5.07. The monoisotopic (exact) mass is 400 g/mol. The number of hydrogen-bond donors (Lipinski definition) is 3. The Morgan fingerprint density at radius 2 is 1.50 bits per heavy atom. The fourth-order valence-corrected chi connectivity index (χ4v) is 4.25. The van der Waals surface area contributed by atoms with Gasteiger partial charge in [-0.2, -0.15) is 0 Å². The Hall–Kier alpha value is -0.650. The van der Waals surface area contributed by atoms with Gasteiger partial charge in [-0.3, -0.25) is 0 Å². The molecule has 0 spiro atoms. The normalized spacial score (nSPS) is 21.2. The first kappa shape index (κ1) is 25.4. The molecule has 0 aliphatic carbocycles. The summed E-state index contributed by atoms with van der Waals surface area (Å²) in [6.07, 6.45) is 16.8. The molecule has 28 heavy (non-hydrogen) atoms. The van der Waals surface area contributed by atoms with E-state index in [0.29, 0.717) is 31.8 Å². The molecule has 0 radical (unpaired) electrons. The number of rotatable bonds is 19. The van der Waals surface area contributed by atoms with Crippen molar-refractivity contribution in [3.8, 4) is 0 Å². The summed E-state index contributed by atoms with van der Waals surface area (Å²) < 4.78 is 5.32. The van der Waals surface area contributed by atoms with E-state index in [-0.39, 0.29) is 6.61 Å². The maximum absolute atomic E-state index is 11.3. The molecule has 0 aromatic carbocycles. The Kier molecular flexibility index (Phi) is 13.8. The van der Waals surface area contributed by atoms with E-state index in [4.69, 9.17) is 9.84 Å². The van der Waals surface area contributed by atoms with Crippen molar-refractivity contribution < 1.29 is 24.9 Å². The lowest BCUT2D eigenvalue weighted by Gasteiger charge is -2.37. The molecule has 0 aromatic heterocycles. The highest BCUT2D eigenvalue weighted by molar-refractivity contribution is 5.78. The minimum atomic E-state index is -0.898. The predicted molar refractivity (Wildman–Crippen MR) is 112 cm³/mol. The van der Waals surface area contributed by atoms with E-state index >= 15 is 0 Å². The first-order valence-electron chi connectivity index (χ1n) is 11.7. The van der Waals surface area contributed by atoms with Crippen molar-refractivity contribution in [2.45, 2.75) is 121 Å². The molecule has 0 amide bonds. The van der Waals surface area contributed by atoms with Crippen molar-refractivity contribution in [2.75, 3.05) is 13.2 Å². The zero-order chi connectivity index (χ0) is 20.7. The van der Waals surface area contributed by atoms with Crippen molar-refractivity contribution in [2.24, 2.45) is 5.92 Å². The van der Waals surface area contributed by atoms with Crippen LogP contribution in [0, 0.1) is 5.92 Å². The lowest BCUT2D eigenvalue weighted by atomic mass is 9.87. The molecule has 1 heterocycles. The Balaban J connectivity index is 2.14. The summed E-state index contributed by atoms with van der Waals surface area (Å²) in [6.45, 7) is 2.66. The Morgan fingerprint density at radius 1 is 0.964 bits per heavy atom. The van der Waals surface area contributed by atoms with Crippen LogP contribution in [0.2, 0.25) is 0 Å². The number of carbonyl (C=O) groups is 1. The molecule has 0 bridgehead atoms. The summed E-state index contributed by atoms with van der Waals surface area (Å²) >= 11 is 0. The number of carboxylic acids is 1. The van der Waals surface area contributed by atoms with Gasteiger partial charge in [-0.1, -0.05) is 84.0 Å². The van der Waals surface area contributed by atoms with Crippen LogP contribution in [0.3, 0.4) is 0 Å². The first-order valence-corrected chi connectivity index (χ1v) is 11.7. The third-order valence-electron chi connectivity index (χ3n) is 6.25. The van der Waals surface area contributed by atoms with Crippen LogP contribution in [-0.4, -0.2) is 46.2 Å². The van der Waals surface area contributed by atoms with Crippen LogP contribution in [0.1, 0.15) is 110 Å². The number of aliphatic hydroxyl groups excluding tert-OH is 2. The van der Waals surface area contributed by atoms with Crippen LogP contribution in [0.4, 0.5) is 0 Å². The van der Waals surface area contributed by atoms with Crippen molar-refractivity contribution in [1.29, 1.82) is 0 Å². The molecule has 1 saturated heterocycles. The minimum absolute atomic E-state index is 0.148. The van der Waals surface area contributed by atoms with Gasteiger partial charge in [0, 0.05) is 6.42 Å². The third-order valence-corrected chi connectivity index (χ3v) is 6.25. The second kappa shape index (κ2) is 15.2. The number of carboxylic acid groups (broad SMARTS) is 1. The maximum atomic E-state index is 11.3. The molecule has 3 unspecified atom stereocenters. The van der Waals surface area contributed by atoms with Gasteiger partial charge in [0.25, 0.3) is 0 Å². The SMILES string of the molecule is CCCCCCCCCC(CCCCCCC1(C(=O)O)CCO1)CC(O)CO. The molecule has 3 N–H and O–H groups in total. The number of hydrogen-bond acceptors (Lipinski definition) is 4. The zero-order valence-corrected chi connectivity index (χ0v) is 18.0. The van der Waals surface area contributed by atoms with Crippen molar-refractivity contribution in [1.82, 2.24) is 0 Å². The van der Waals surface area contributed by atoms with Crippen LogP contribution in [0.25, 0.3) is 0 Å². The molecule has 0 saturated carbocycles. The second-order valence-corrected chi connectivity index (χ2v) is 8.70. The van der Waals surface area contributed by atoms with Gasteiger partial charge in [0.2, 0.25) is 0 Å². The van der Waals surface area contributed by atoms with Gasteiger partial charge in [0.15, 0.2) is 5.60 Å². The summed E-state index contributed by atoms with van der Waals surface area (Å²) in [5.41, 5.74) is -0.898. The van der Waals surface area contributed by atoms with Gasteiger partial charge in [0.1, 0.15) is 0 Å². The van der Waals surface area contributed by atoms with E-state index < -0.39 is 17.7 Å². The topological polar surface area (TPSA) is 87.0 Å². The summed E-state index contributed by atoms with van der Waals surface area (Å²) in [7, 11) is 0. The van der Waals surface area contributed by atoms with E-state index in [1.807, 2.05) is 0 Å². The summed E-state index contributed by atoms with van der Waals surface area (Å²) in [4.78, 5) is 11.3. The molecular formula is C23H44O5. The van der Waals surface area contributed by atoms with Crippen LogP contribution in [0.15, 0.2) is 0 Å². The molecule has 1 aliphatic heterocycles. The Labute approximate surface area is 171 Å². The van der Waals surface area contributed by atoms with E-state index in [9.17, 15) is 15.0 Å². The fourth-order valence-electron chi connectivity index (χ4n) is 4.25. The number of aliphatic carboxylic acids is 1. The van der Waals surface area contributed by atoms with Gasteiger partial charge in [-0.05, 0) is 25.2 Å². The number of ether oxygens (including phenoxy) is 1. The van der Waals surface area contributed by atoms with Gasteiger partial charge < -0.3 is 20.1 Å². The van der Waals surface area contributed by atoms with Gasteiger partial charge in [-0.15, -0.1) is 0 Å². The summed E-state index contributed by atoms with van der Waals surface area (Å²) in [5.74, 6) is -0.329. The second-order valence-electron chi connectivity index (χ2n) is 8.70. The van der Waals surface area contributed by atoms with Crippen LogP contribution >= 0.6 is 0 Å². The largest absolute Gasteiger partial charge is 0.479 e. The molecule has 5 nitrogen and oxygen atoms in total. The zero-order valence-electron chi connectivity index (χ0n) is 18.0. The minimum Gasteiger partial charge on any atom is -0.479 e. The Bertz CT molecular complexity index is 394. The summed E-state index contributed by atoms with van der Waals surface area (Å²) in [5, 5.41) is 28.2. The third kappa shape index (κ3) is 10.2.